The van der Waals surface area contributed by atoms with Crippen LogP contribution < -0.4 is 0 Å². The van der Waals surface area contributed by atoms with Crippen LogP contribution >= 0.6 is 0 Å². The highest BCUT2D eigenvalue weighted by atomic mass is 16.3. The monoisotopic (exact) mass is 572 g/mol. The number of furan rings is 1. The van der Waals surface area contributed by atoms with Gasteiger partial charge in [-0.2, -0.15) is 0 Å². The third-order valence-corrected chi connectivity index (χ3v) is 7.00. The van der Waals surface area contributed by atoms with E-state index in [0.29, 0.717) is 0 Å². The molecule has 0 aliphatic heterocycles. The Morgan fingerprint density at radius 1 is 0.395 bits per heavy atom. The first-order chi connectivity index (χ1) is 32.2. The number of para-hydroxylation sites is 1. The Bertz CT molecular complexity index is 3860. The number of rotatable bonds is 3. The van der Waals surface area contributed by atoms with Crippen molar-refractivity contribution in [3.05, 3.63) is 157 Å². The Kier molecular flexibility index (Phi) is 2.13. The molecule has 8 aromatic carbocycles. The third-order valence-electron chi connectivity index (χ3n) is 7.00. The molecule has 43 heavy (non-hydrogen) atoms. The van der Waals surface area contributed by atoms with Gasteiger partial charge in [-0.1, -0.05) is 145 Å². The highest BCUT2D eigenvalue weighted by Crippen LogP contribution is 2.47. The number of hydrogen-bond donors (Lipinski definition) is 0. The van der Waals surface area contributed by atoms with Gasteiger partial charge < -0.3 is 4.42 Å². The van der Waals surface area contributed by atoms with Crippen LogP contribution in [-0.4, -0.2) is 0 Å². The predicted octanol–water partition coefficient (Wildman–Crippen LogP) is 12.0. The van der Waals surface area contributed by atoms with Crippen molar-refractivity contribution in [2.24, 2.45) is 0 Å². The smallest absolute Gasteiger partial charge is 0.143 e. The first-order valence-corrected chi connectivity index (χ1v) is 12.7. The molecule has 0 fully saturated rings. The first-order valence-electron chi connectivity index (χ1n) is 25.7. The molecule has 1 nitrogen and oxygen atoms in total. The van der Waals surface area contributed by atoms with Gasteiger partial charge in [-0.25, -0.2) is 0 Å². The molecular weight excluding hydrogens is 520 g/mol. The van der Waals surface area contributed by atoms with E-state index < -0.39 is 245 Å². The number of fused-ring (bicyclic) bond motifs is 6. The fourth-order valence-corrected chi connectivity index (χ4v) is 5.25. The Labute approximate surface area is 285 Å². The Morgan fingerprint density at radius 2 is 0.977 bits per heavy atom. The van der Waals surface area contributed by atoms with Crippen LogP contribution in [0.15, 0.2) is 162 Å². The first kappa shape index (κ1) is 9.69. The number of benzene rings is 8. The molecule has 0 saturated carbocycles. The van der Waals surface area contributed by atoms with Crippen LogP contribution in [0.1, 0.15) is 35.6 Å². The van der Waals surface area contributed by atoms with Gasteiger partial charge in [0.2, 0.25) is 0 Å². The lowest BCUT2D eigenvalue weighted by Gasteiger charge is -2.18. The summed E-state index contributed by atoms with van der Waals surface area (Å²) in [6.45, 7) is 0. The van der Waals surface area contributed by atoms with E-state index in [1.54, 1.807) is 0 Å². The van der Waals surface area contributed by atoms with Gasteiger partial charge in [0, 0.05) is 16.3 Å². The van der Waals surface area contributed by atoms with Crippen LogP contribution in [0.4, 0.5) is 0 Å². The van der Waals surface area contributed by atoms with Gasteiger partial charge in [0.15, 0.2) is 0 Å². The van der Waals surface area contributed by atoms with Gasteiger partial charge >= 0.3 is 0 Å². The van der Waals surface area contributed by atoms with E-state index in [-0.39, 0.29) is 0 Å². The molecule has 9 rings (SSSR count). The van der Waals surface area contributed by atoms with Crippen molar-refractivity contribution in [3.8, 4) is 33.4 Å². The van der Waals surface area contributed by atoms with Gasteiger partial charge in [-0.3, -0.25) is 0 Å². The third kappa shape index (κ3) is 3.65. The molecule has 0 spiro atoms. The number of hydrogen-bond acceptors (Lipinski definition) is 1. The van der Waals surface area contributed by atoms with Crippen molar-refractivity contribution in [3.63, 3.8) is 0 Å². The molecule has 0 amide bonds. The zero-order chi connectivity index (χ0) is 51.0. The summed E-state index contributed by atoms with van der Waals surface area (Å²) in [6, 6.07) is -23.7. The molecule has 0 N–H and O–H groups in total. The van der Waals surface area contributed by atoms with E-state index in [9.17, 15) is 11.0 Å². The quantitative estimate of drug-likeness (QED) is 0.192. The zero-order valence-electron chi connectivity index (χ0n) is 47.4. The largest absolute Gasteiger partial charge is 0.455 e. The summed E-state index contributed by atoms with van der Waals surface area (Å²) < 4.78 is 238. The van der Waals surface area contributed by atoms with E-state index in [2.05, 4.69) is 0 Å². The molecule has 0 atom stereocenters. The van der Waals surface area contributed by atoms with Crippen molar-refractivity contribution in [2.75, 3.05) is 0 Å². The molecule has 0 aliphatic rings. The van der Waals surface area contributed by atoms with Crippen LogP contribution in [0.2, 0.25) is 0 Å². The SMILES string of the molecule is [2H]c1c([2H])c([2H])c(-c2c([2H])c([2H])c([2H])c3c2oc2c([2H])c([2H])c([2H])c(-c4c5c([2H])c([2H])c([2H])c([2H])c5c(-c5c([2H])c([2H])c6c([2H])c([2H])c([2H])c([2H])c6c5[2H])c5c([2H])c([2H])c([2H])c([2H])c45)c23)c([2H])c1[2H]. The molecule has 0 aliphatic carbocycles. The Hall–Kier alpha value is -5.66. The molecule has 0 radical (unpaired) electrons. The lowest BCUT2D eigenvalue weighted by molar-refractivity contribution is 0.670. The lowest BCUT2D eigenvalue weighted by Crippen LogP contribution is -1.91. The molecule has 1 aromatic heterocycles. The Morgan fingerprint density at radius 3 is 1.72 bits per heavy atom. The van der Waals surface area contributed by atoms with Crippen molar-refractivity contribution in [1.29, 1.82) is 0 Å². The minimum atomic E-state index is -0.981. The van der Waals surface area contributed by atoms with Crippen LogP contribution in [0.3, 0.4) is 0 Å². The topological polar surface area (TPSA) is 13.1 Å². The molecule has 0 saturated heterocycles. The molecule has 0 unspecified atom stereocenters. The summed E-state index contributed by atoms with van der Waals surface area (Å²) >= 11 is 0. The summed E-state index contributed by atoms with van der Waals surface area (Å²) in [5.74, 6) is 0. The van der Waals surface area contributed by atoms with Crippen LogP contribution in [0.25, 0.3) is 87.6 Å². The second-order valence-corrected chi connectivity index (χ2v) is 9.26. The fourth-order valence-electron chi connectivity index (χ4n) is 5.25. The van der Waals surface area contributed by atoms with Crippen LogP contribution in [0, 0.1) is 0 Å². The summed E-state index contributed by atoms with van der Waals surface area (Å²) in [5, 5.41) is -5.19. The van der Waals surface area contributed by atoms with E-state index in [1.807, 2.05) is 0 Å². The average Bonchev–Trinajstić information content (AvgIpc) is 3.71. The molecule has 1 heteroatoms. The van der Waals surface area contributed by atoms with Gasteiger partial charge in [0.05, 0.1) is 35.6 Å². The minimum absolute atomic E-state index is 0.570. The van der Waals surface area contributed by atoms with Crippen molar-refractivity contribution < 1.29 is 40.1 Å². The molecule has 1 heterocycles. The van der Waals surface area contributed by atoms with Crippen molar-refractivity contribution in [2.45, 2.75) is 0 Å². The highest BCUT2D eigenvalue weighted by molar-refractivity contribution is 6.26. The minimum Gasteiger partial charge on any atom is -0.455 e. The molecular formula is C42H26O. The van der Waals surface area contributed by atoms with Crippen LogP contribution in [0.5, 0.6) is 0 Å². The average molecular weight is 573 g/mol. The summed E-state index contributed by atoms with van der Waals surface area (Å²) in [4.78, 5) is 0. The van der Waals surface area contributed by atoms with Gasteiger partial charge in [0.1, 0.15) is 11.2 Å². The van der Waals surface area contributed by atoms with E-state index in [1.165, 1.54) is 0 Å². The van der Waals surface area contributed by atoms with Crippen molar-refractivity contribution >= 4 is 54.3 Å². The second-order valence-electron chi connectivity index (χ2n) is 9.26. The van der Waals surface area contributed by atoms with E-state index in [0.717, 1.165) is 0 Å². The van der Waals surface area contributed by atoms with Crippen molar-refractivity contribution in [1.82, 2.24) is 0 Å². The fraction of sp³-hybridized carbons (Fsp3) is 0. The highest BCUT2D eigenvalue weighted by Gasteiger charge is 2.21. The summed E-state index contributed by atoms with van der Waals surface area (Å²) in [7, 11) is 0. The van der Waals surface area contributed by atoms with Gasteiger partial charge in [-0.15, -0.1) is 0 Å². The van der Waals surface area contributed by atoms with E-state index in [4.69, 9.17) is 29.1 Å². The Balaban J connectivity index is 1.65. The van der Waals surface area contributed by atoms with Crippen LogP contribution in [-0.2, 0) is 0 Å². The lowest BCUT2D eigenvalue weighted by atomic mass is 9.84. The molecule has 200 valence electrons. The van der Waals surface area contributed by atoms with Gasteiger partial charge in [0.25, 0.3) is 0 Å². The molecule has 9 aromatic rings. The maximum atomic E-state index is 9.51. The van der Waals surface area contributed by atoms with E-state index >= 15 is 0 Å². The normalized spacial score (nSPS) is 20.2. The summed E-state index contributed by atoms with van der Waals surface area (Å²) in [5.41, 5.74) is -5.54. The predicted molar refractivity (Wildman–Crippen MR) is 183 cm³/mol. The summed E-state index contributed by atoms with van der Waals surface area (Å²) in [6.07, 6.45) is 0. The maximum absolute atomic E-state index is 9.51. The standard InChI is InChI=1S/C42H26O/c1-2-13-28(14-3-1)31-20-10-22-37-41-36(21-11-23-38(41)43-42(31)37)40-34-18-8-6-16-32(34)39(33-17-7-9-19-35(33)40)30-25-24-27-12-4-5-15-29(27)26-30/h1-26H/i1D,2D,3D,4D,5D,6D,7D,8D,9D,10D,11D,12D,13D,14D,15D,16D,17D,18D,19D,20D,21D,22D,23D,24D,25D,26D. The van der Waals surface area contributed by atoms with Gasteiger partial charge in [-0.05, 0) is 72.2 Å². The second kappa shape index (κ2) is 9.44. The zero-order valence-corrected chi connectivity index (χ0v) is 21.4. The maximum Gasteiger partial charge on any atom is 0.143 e. The molecule has 0 bridgehead atoms.